The van der Waals surface area contributed by atoms with Gasteiger partial charge in [-0.05, 0) is 37.1 Å². The van der Waals surface area contributed by atoms with Crippen LogP contribution in [0.3, 0.4) is 0 Å². The van der Waals surface area contributed by atoms with Crippen molar-refractivity contribution in [3.8, 4) is 0 Å². The summed E-state index contributed by atoms with van der Waals surface area (Å²) in [5, 5.41) is 5.94. The Labute approximate surface area is 152 Å². The van der Waals surface area contributed by atoms with Crippen molar-refractivity contribution in [1.82, 2.24) is 5.43 Å². The molecule has 0 bridgehead atoms. The van der Waals surface area contributed by atoms with Gasteiger partial charge in [-0.3, -0.25) is 9.52 Å². The molecule has 1 amide bonds. The van der Waals surface area contributed by atoms with Crippen LogP contribution in [0, 0.1) is 0 Å². The monoisotopic (exact) mass is 379 g/mol. The molecule has 134 valence electrons. The Hall–Kier alpha value is -2.19. The van der Waals surface area contributed by atoms with E-state index in [1.165, 1.54) is 4.88 Å². The van der Waals surface area contributed by atoms with Crippen LogP contribution in [0.1, 0.15) is 41.1 Å². The molecular weight excluding hydrogens is 358 g/mol. The maximum atomic E-state index is 12.1. The fraction of sp³-hybridized carbons (Fsp3) is 0.294. The van der Waals surface area contributed by atoms with Gasteiger partial charge in [0.2, 0.25) is 10.0 Å². The molecular formula is C17H21N3O3S2. The number of sulfonamides is 1. The zero-order valence-corrected chi connectivity index (χ0v) is 16.0. The molecule has 0 saturated carbocycles. The van der Waals surface area contributed by atoms with Crippen molar-refractivity contribution >= 4 is 38.7 Å². The minimum atomic E-state index is -3.30. The molecule has 0 atom stereocenters. The van der Waals surface area contributed by atoms with Crippen molar-refractivity contribution in [2.75, 3.05) is 11.0 Å². The van der Waals surface area contributed by atoms with Gasteiger partial charge in [0, 0.05) is 15.9 Å². The van der Waals surface area contributed by atoms with E-state index in [9.17, 15) is 13.2 Å². The van der Waals surface area contributed by atoms with E-state index in [1.807, 2.05) is 11.4 Å². The Balaban J connectivity index is 2.01. The standard InChI is InChI=1S/C17H21N3O3S2/c1-4-5-16-10-14(11-24-16)17(21)19-18-12(2)13-6-8-15(9-7-13)20-25(3,22)23/h6-11,20H,4-5H2,1-3H3,(H,19,21). The molecule has 25 heavy (non-hydrogen) atoms. The van der Waals surface area contributed by atoms with E-state index in [0.717, 1.165) is 24.7 Å². The van der Waals surface area contributed by atoms with Gasteiger partial charge in [-0.15, -0.1) is 11.3 Å². The molecule has 1 heterocycles. The number of carbonyl (C=O) groups excluding carboxylic acids is 1. The number of nitrogens with zero attached hydrogens (tertiary/aromatic N) is 1. The fourth-order valence-corrected chi connectivity index (χ4v) is 3.67. The number of anilines is 1. The lowest BCUT2D eigenvalue weighted by atomic mass is 10.1. The summed E-state index contributed by atoms with van der Waals surface area (Å²) in [6.07, 6.45) is 3.11. The third-order valence-electron chi connectivity index (χ3n) is 3.34. The molecule has 2 rings (SSSR count). The van der Waals surface area contributed by atoms with E-state index in [2.05, 4.69) is 22.2 Å². The first-order chi connectivity index (χ1) is 11.8. The molecule has 0 radical (unpaired) electrons. The van der Waals surface area contributed by atoms with Gasteiger partial charge >= 0.3 is 0 Å². The quantitative estimate of drug-likeness (QED) is 0.572. The molecule has 0 aliphatic rings. The molecule has 0 fully saturated rings. The zero-order chi connectivity index (χ0) is 18.4. The van der Waals surface area contributed by atoms with Gasteiger partial charge in [0.25, 0.3) is 5.91 Å². The van der Waals surface area contributed by atoms with Crippen molar-refractivity contribution in [3.05, 3.63) is 51.7 Å². The van der Waals surface area contributed by atoms with Crippen LogP contribution in [0.5, 0.6) is 0 Å². The first-order valence-electron chi connectivity index (χ1n) is 7.78. The maximum Gasteiger partial charge on any atom is 0.272 e. The summed E-state index contributed by atoms with van der Waals surface area (Å²) in [5.41, 5.74) is 5.05. The maximum absolute atomic E-state index is 12.1. The number of hydrogen-bond donors (Lipinski definition) is 2. The van der Waals surface area contributed by atoms with Crippen LogP contribution in [0.25, 0.3) is 0 Å². The Kier molecular flexibility index (Phi) is 6.33. The van der Waals surface area contributed by atoms with E-state index in [4.69, 9.17) is 0 Å². The molecule has 0 aliphatic carbocycles. The second-order valence-corrected chi connectivity index (χ2v) is 8.39. The molecule has 8 heteroatoms. The van der Waals surface area contributed by atoms with Crippen LogP contribution < -0.4 is 10.1 Å². The number of amides is 1. The van der Waals surface area contributed by atoms with Crippen LogP contribution >= 0.6 is 11.3 Å². The number of thiophene rings is 1. The third-order valence-corrected chi connectivity index (χ3v) is 4.95. The SMILES string of the molecule is CCCc1cc(C(=O)NN=C(C)c2ccc(NS(C)(=O)=O)cc2)cs1. The number of nitrogens with one attached hydrogen (secondary N) is 2. The number of aryl methyl sites for hydroxylation is 1. The molecule has 1 aromatic heterocycles. The van der Waals surface area contributed by atoms with Gasteiger partial charge in [0.05, 0.1) is 17.5 Å². The van der Waals surface area contributed by atoms with Crippen molar-refractivity contribution in [3.63, 3.8) is 0 Å². The Bertz CT molecular complexity index is 869. The highest BCUT2D eigenvalue weighted by Gasteiger charge is 2.08. The van der Waals surface area contributed by atoms with Crippen molar-refractivity contribution in [1.29, 1.82) is 0 Å². The van der Waals surface area contributed by atoms with E-state index >= 15 is 0 Å². The highest BCUT2D eigenvalue weighted by Crippen LogP contribution is 2.16. The van der Waals surface area contributed by atoms with Crippen molar-refractivity contribution in [2.45, 2.75) is 26.7 Å². The molecule has 6 nitrogen and oxygen atoms in total. The van der Waals surface area contributed by atoms with Gasteiger partial charge in [0.1, 0.15) is 0 Å². The minimum Gasteiger partial charge on any atom is -0.284 e. The van der Waals surface area contributed by atoms with Crippen molar-refractivity contribution < 1.29 is 13.2 Å². The lowest BCUT2D eigenvalue weighted by Crippen LogP contribution is -2.18. The van der Waals surface area contributed by atoms with Crippen molar-refractivity contribution in [2.24, 2.45) is 5.10 Å². The molecule has 0 saturated heterocycles. The van der Waals surface area contributed by atoms with E-state index in [-0.39, 0.29) is 5.91 Å². The Morgan fingerprint density at radius 2 is 1.88 bits per heavy atom. The van der Waals surface area contributed by atoms with Crippen LogP contribution in [-0.4, -0.2) is 26.3 Å². The van der Waals surface area contributed by atoms with Crippen LogP contribution in [-0.2, 0) is 16.4 Å². The van der Waals surface area contributed by atoms with Gasteiger partial charge in [-0.2, -0.15) is 5.10 Å². The number of carbonyl (C=O) groups is 1. The summed E-state index contributed by atoms with van der Waals surface area (Å²) in [7, 11) is -3.30. The van der Waals surface area contributed by atoms with Crippen LogP contribution in [0.4, 0.5) is 5.69 Å². The first kappa shape index (κ1) is 19.1. The lowest BCUT2D eigenvalue weighted by Gasteiger charge is -2.06. The normalized spacial score (nSPS) is 12.0. The Morgan fingerprint density at radius 1 is 1.20 bits per heavy atom. The largest absolute Gasteiger partial charge is 0.284 e. The highest BCUT2D eigenvalue weighted by atomic mass is 32.2. The molecule has 2 N–H and O–H groups in total. The third kappa shape index (κ3) is 5.99. The summed E-state index contributed by atoms with van der Waals surface area (Å²) < 4.78 is 24.8. The van der Waals surface area contributed by atoms with E-state index < -0.39 is 10.0 Å². The van der Waals surface area contributed by atoms with E-state index in [1.54, 1.807) is 42.5 Å². The highest BCUT2D eigenvalue weighted by molar-refractivity contribution is 7.92. The van der Waals surface area contributed by atoms with Gasteiger partial charge in [-0.1, -0.05) is 25.5 Å². The summed E-state index contributed by atoms with van der Waals surface area (Å²) >= 11 is 1.57. The summed E-state index contributed by atoms with van der Waals surface area (Å²) in [6.45, 7) is 3.87. The molecule has 0 aliphatic heterocycles. The molecule has 2 aromatic rings. The second-order valence-electron chi connectivity index (χ2n) is 5.64. The molecule has 0 spiro atoms. The predicted molar refractivity (Wildman–Crippen MR) is 103 cm³/mol. The Morgan fingerprint density at radius 3 is 2.48 bits per heavy atom. The zero-order valence-electron chi connectivity index (χ0n) is 14.4. The van der Waals surface area contributed by atoms with E-state index in [0.29, 0.717) is 17.0 Å². The average Bonchev–Trinajstić information content (AvgIpc) is 3.00. The topological polar surface area (TPSA) is 87.6 Å². The minimum absolute atomic E-state index is 0.242. The summed E-state index contributed by atoms with van der Waals surface area (Å²) in [6, 6.07) is 8.66. The number of rotatable bonds is 7. The summed E-state index contributed by atoms with van der Waals surface area (Å²) in [5.74, 6) is -0.242. The number of hydrazone groups is 1. The predicted octanol–water partition coefficient (Wildman–Crippen LogP) is 3.23. The lowest BCUT2D eigenvalue weighted by molar-refractivity contribution is 0.0955. The van der Waals surface area contributed by atoms with Crippen LogP contribution in [0.2, 0.25) is 0 Å². The van der Waals surface area contributed by atoms with Gasteiger partial charge in [0.15, 0.2) is 0 Å². The van der Waals surface area contributed by atoms with Crippen LogP contribution in [0.15, 0.2) is 40.8 Å². The first-order valence-corrected chi connectivity index (χ1v) is 10.6. The number of benzene rings is 1. The smallest absolute Gasteiger partial charge is 0.272 e. The van der Waals surface area contributed by atoms with Gasteiger partial charge < -0.3 is 0 Å². The summed E-state index contributed by atoms with van der Waals surface area (Å²) in [4.78, 5) is 13.3. The average molecular weight is 380 g/mol. The molecule has 0 unspecified atom stereocenters. The van der Waals surface area contributed by atoms with Gasteiger partial charge in [-0.25, -0.2) is 13.8 Å². The number of hydrogen-bond acceptors (Lipinski definition) is 5. The fourth-order valence-electron chi connectivity index (χ4n) is 2.13. The molecule has 1 aromatic carbocycles. The second kappa shape index (κ2) is 8.26.